The van der Waals surface area contributed by atoms with Crippen molar-refractivity contribution in [2.75, 3.05) is 0 Å². The molecule has 0 aromatic heterocycles. The Labute approximate surface area is 152 Å². The molecule has 0 saturated heterocycles. The highest BCUT2D eigenvalue weighted by Gasteiger charge is 2.09. The van der Waals surface area contributed by atoms with E-state index in [4.69, 9.17) is 9.78 Å². The first kappa shape index (κ1) is 17.9. The molecule has 0 aliphatic carbocycles. The molecular weight excluding hydrogens is 328 g/mol. The van der Waals surface area contributed by atoms with Crippen molar-refractivity contribution < 1.29 is 19.7 Å². The lowest BCUT2D eigenvalue weighted by Gasteiger charge is -2.06. The number of rotatable bonds is 7. The molecule has 26 heavy (non-hydrogen) atoms. The van der Waals surface area contributed by atoms with Gasteiger partial charge in [-0.05, 0) is 42.3 Å². The monoisotopic (exact) mass is 348 g/mol. The van der Waals surface area contributed by atoms with Crippen LogP contribution in [-0.2, 0) is 23.0 Å². The molecule has 3 rings (SSSR count). The molecule has 0 spiro atoms. The van der Waals surface area contributed by atoms with Crippen molar-refractivity contribution in [2.45, 2.75) is 20.1 Å². The molecule has 0 aliphatic rings. The van der Waals surface area contributed by atoms with Gasteiger partial charge in [0.15, 0.2) is 5.78 Å². The van der Waals surface area contributed by atoms with Crippen LogP contribution in [0.25, 0.3) is 0 Å². The smallest absolute Gasteiger partial charge is 0.193 e. The predicted octanol–water partition coefficient (Wildman–Crippen LogP) is 4.58. The van der Waals surface area contributed by atoms with Crippen molar-refractivity contribution in [2.24, 2.45) is 0 Å². The Kier molecular flexibility index (Phi) is 5.79. The zero-order valence-electron chi connectivity index (χ0n) is 14.5. The molecular formula is C22H20O4. The van der Waals surface area contributed by atoms with E-state index in [-0.39, 0.29) is 11.5 Å². The number of benzene rings is 3. The number of hydrogen-bond donors (Lipinski definition) is 1. The second-order valence-corrected chi connectivity index (χ2v) is 6.08. The molecule has 0 aliphatic heterocycles. The maximum atomic E-state index is 12.4. The van der Waals surface area contributed by atoms with Crippen LogP contribution in [0.15, 0.2) is 72.8 Å². The molecule has 3 aromatic carbocycles. The first-order valence-corrected chi connectivity index (χ1v) is 8.34. The van der Waals surface area contributed by atoms with Gasteiger partial charge in [0.25, 0.3) is 0 Å². The first-order valence-electron chi connectivity index (χ1n) is 8.34. The van der Waals surface area contributed by atoms with E-state index in [1.807, 2.05) is 43.3 Å². The SMILES string of the molecule is Cc1ccc(COOCc2ccc(C(=O)c3ccc(O)cc3)cc2)cc1. The van der Waals surface area contributed by atoms with Gasteiger partial charge in [-0.2, -0.15) is 0 Å². The molecule has 0 heterocycles. The van der Waals surface area contributed by atoms with Crippen LogP contribution in [0.1, 0.15) is 32.6 Å². The zero-order chi connectivity index (χ0) is 18.4. The van der Waals surface area contributed by atoms with Crippen molar-refractivity contribution in [3.05, 3.63) is 101 Å². The van der Waals surface area contributed by atoms with Crippen LogP contribution in [0.5, 0.6) is 5.75 Å². The van der Waals surface area contributed by atoms with Gasteiger partial charge in [0, 0.05) is 11.1 Å². The summed E-state index contributed by atoms with van der Waals surface area (Å²) >= 11 is 0. The molecule has 4 heteroatoms. The minimum absolute atomic E-state index is 0.0897. The fraction of sp³-hybridized carbons (Fsp3) is 0.136. The molecule has 1 N–H and O–H groups in total. The molecule has 0 atom stereocenters. The first-order chi connectivity index (χ1) is 12.6. The van der Waals surface area contributed by atoms with Crippen LogP contribution in [0.3, 0.4) is 0 Å². The second-order valence-electron chi connectivity index (χ2n) is 6.08. The summed E-state index contributed by atoms with van der Waals surface area (Å²) in [4.78, 5) is 22.8. The Morgan fingerprint density at radius 3 is 1.65 bits per heavy atom. The largest absolute Gasteiger partial charge is 0.508 e. The minimum Gasteiger partial charge on any atom is -0.508 e. The number of phenols is 1. The second kappa shape index (κ2) is 8.43. The fourth-order valence-corrected chi connectivity index (χ4v) is 2.44. The number of hydrogen-bond acceptors (Lipinski definition) is 4. The van der Waals surface area contributed by atoms with Crippen molar-refractivity contribution >= 4 is 5.78 Å². The highest BCUT2D eigenvalue weighted by atomic mass is 17.2. The normalized spacial score (nSPS) is 10.7. The predicted molar refractivity (Wildman–Crippen MR) is 98.7 cm³/mol. The van der Waals surface area contributed by atoms with E-state index >= 15 is 0 Å². The maximum absolute atomic E-state index is 12.4. The van der Waals surface area contributed by atoms with Gasteiger partial charge < -0.3 is 5.11 Å². The number of carbonyl (C=O) groups is 1. The minimum atomic E-state index is -0.0897. The average Bonchev–Trinajstić information content (AvgIpc) is 2.67. The molecule has 132 valence electrons. The summed E-state index contributed by atoms with van der Waals surface area (Å²) in [5.74, 6) is 0.0489. The third kappa shape index (κ3) is 4.79. The Balaban J connectivity index is 1.50. The van der Waals surface area contributed by atoms with Crippen LogP contribution in [-0.4, -0.2) is 10.9 Å². The van der Waals surface area contributed by atoms with Crippen molar-refractivity contribution in [1.82, 2.24) is 0 Å². The van der Waals surface area contributed by atoms with E-state index in [1.165, 1.54) is 17.7 Å². The molecule has 4 nitrogen and oxygen atoms in total. The molecule has 0 unspecified atom stereocenters. The Bertz CT molecular complexity index is 850. The molecule has 0 bridgehead atoms. The van der Waals surface area contributed by atoms with E-state index < -0.39 is 0 Å². The van der Waals surface area contributed by atoms with Crippen LogP contribution < -0.4 is 0 Å². The van der Waals surface area contributed by atoms with E-state index in [9.17, 15) is 9.90 Å². The summed E-state index contributed by atoms with van der Waals surface area (Å²) in [6, 6.07) is 21.5. The van der Waals surface area contributed by atoms with E-state index in [0.29, 0.717) is 24.3 Å². The Hall–Kier alpha value is -2.95. The van der Waals surface area contributed by atoms with E-state index in [1.54, 1.807) is 24.3 Å². The van der Waals surface area contributed by atoms with Crippen molar-refractivity contribution in [1.29, 1.82) is 0 Å². The number of aryl methyl sites for hydroxylation is 1. The summed E-state index contributed by atoms with van der Waals surface area (Å²) < 4.78 is 0. The molecule has 0 amide bonds. The third-order valence-corrected chi connectivity index (χ3v) is 4.00. The summed E-state index contributed by atoms with van der Waals surface area (Å²) in [6.45, 7) is 2.73. The van der Waals surface area contributed by atoms with Gasteiger partial charge >= 0.3 is 0 Å². The quantitative estimate of drug-likeness (QED) is 0.294. The number of carbonyl (C=O) groups excluding carboxylic acids is 1. The lowest BCUT2D eigenvalue weighted by Crippen LogP contribution is -2.01. The van der Waals surface area contributed by atoms with Crippen molar-refractivity contribution in [3.63, 3.8) is 0 Å². The highest BCUT2D eigenvalue weighted by Crippen LogP contribution is 2.15. The van der Waals surface area contributed by atoms with Crippen LogP contribution >= 0.6 is 0 Å². The van der Waals surface area contributed by atoms with Gasteiger partial charge in [-0.3, -0.25) is 4.79 Å². The zero-order valence-corrected chi connectivity index (χ0v) is 14.5. The standard InChI is InChI=1S/C22H20O4/c1-16-2-4-17(5-3-16)14-25-26-15-18-6-8-19(9-7-18)22(24)20-10-12-21(23)13-11-20/h2-13,23H,14-15H2,1H3. The Morgan fingerprint density at radius 1 is 0.731 bits per heavy atom. The summed E-state index contributed by atoms with van der Waals surface area (Å²) in [5.41, 5.74) is 4.28. The van der Waals surface area contributed by atoms with Crippen LogP contribution in [0, 0.1) is 6.92 Å². The van der Waals surface area contributed by atoms with Crippen LogP contribution in [0.2, 0.25) is 0 Å². The molecule has 0 fully saturated rings. The number of ketones is 1. The van der Waals surface area contributed by atoms with Gasteiger partial charge in [0.05, 0.1) is 0 Å². The molecule has 3 aromatic rings. The summed E-state index contributed by atoms with van der Waals surface area (Å²) in [7, 11) is 0. The van der Waals surface area contributed by atoms with Gasteiger partial charge in [-0.25, -0.2) is 9.78 Å². The van der Waals surface area contributed by atoms with Gasteiger partial charge in [0.2, 0.25) is 0 Å². The lowest BCUT2D eigenvalue weighted by molar-refractivity contribution is -0.313. The molecule has 0 saturated carbocycles. The summed E-state index contributed by atoms with van der Waals surface area (Å²) in [6.07, 6.45) is 0. The van der Waals surface area contributed by atoms with E-state index in [2.05, 4.69) is 0 Å². The average molecular weight is 348 g/mol. The van der Waals surface area contributed by atoms with Gasteiger partial charge in [-0.15, -0.1) is 0 Å². The van der Waals surface area contributed by atoms with Gasteiger partial charge in [-0.1, -0.05) is 54.1 Å². The maximum Gasteiger partial charge on any atom is 0.193 e. The third-order valence-electron chi connectivity index (χ3n) is 4.00. The number of aromatic hydroxyl groups is 1. The van der Waals surface area contributed by atoms with Gasteiger partial charge in [0.1, 0.15) is 19.0 Å². The summed E-state index contributed by atoms with van der Waals surface area (Å²) in [5, 5.41) is 9.30. The van der Waals surface area contributed by atoms with Crippen molar-refractivity contribution in [3.8, 4) is 5.75 Å². The lowest BCUT2D eigenvalue weighted by atomic mass is 10.0. The topological polar surface area (TPSA) is 55.8 Å². The van der Waals surface area contributed by atoms with E-state index in [0.717, 1.165) is 11.1 Å². The fourth-order valence-electron chi connectivity index (χ4n) is 2.44. The number of phenolic OH excluding ortho intramolecular Hbond substituents is 1. The van der Waals surface area contributed by atoms with Crippen LogP contribution in [0.4, 0.5) is 0 Å². The molecule has 0 radical (unpaired) electrons. The Morgan fingerprint density at radius 2 is 1.15 bits per heavy atom. The highest BCUT2D eigenvalue weighted by molar-refractivity contribution is 6.09.